The summed E-state index contributed by atoms with van der Waals surface area (Å²) in [5.41, 5.74) is 0. The third-order valence-electron chi connectivity index (χ3n) is 2.83. The van der Waals surface area contributed by atoms with Crippen LogP contribution in [0.2, 0.25) is 0 Å². The van der Waals surface area contributed by atoms with Crippen molar-refractivity contribution >= 4 is 17.5 Å². The van der Waals surface area contributed by atoms with E-state index in [1.807, 2.05) is 0 Å². The summed E-state index contributed by atoms with van der Waals surface area (Å²) in [5.74, 6) is 1.48. The normalized spacial score (nSPS) is 18.1. The average Bonchev–Trinajstić information content (AvgIpc) is 2.20. The summed E-state index contributed by atoms with van der Waals surface area (Å²) in [5, 5.41) is 2.91. The fourth-order valence-corrected chi connectivity index (χ4v) is 2.15. The van der Waals surface area contributed by atoms with Crippen LogP contribution < -0.4 is 5.32 Å². The number of alkyl halides is 1. The summed E-state index contributed by atoms with van der Waals surface area (Å²) in [4.78, 5) is 11.4. The van der Waals surface area contributed by atoms with Crippen LogP contribution in [0.15, 0.2) is 0 Å². The molecule has 1 saturated carbocycles. The molecule has 14 heavy (non-hydrogen) atoms. The summed E-state index contributed by atoms with van der Waals surface area (Å²) >= 11 is 5.53. The Balaban J connectivity index is 2.06. The van der Waals surface area contributed by atoms with E-state index in [1.54, 1.807) is 0 Å². The highest BCUT2D eigenvalue weighted by Crippen LogP contribution is 2.25. The second-order valence-electron chi connectivity index (χ2n) is 4.10. The topological polar surface area (TPSA) is 29.1 Å². The van der Waals surface area contributed by atoms with Gasteiger partial charge in [0.1, 0.15) is 0 Å². The highest BCUT2D eigenvalue weighted by molar-refractivity contribution is 6.17. The standard InChI is InChI=1S/C11H20ClNO/c12-7-4-8-13-11(14)9-10-5-2-1-3-6-10/h10H,1-9H2,(H,13,14). The van der Waals surface area contributed by atoms with Gasteiger partial charge >= 0.3 is 0 Å². The van der Waals surface area contributed by atoms with E-state index in [9.17, 15) is 4.79 Å². The largest absolute Gasteiger partial charge is 0.356 e. The summed E-state index contributed by atoms with van der Waals surface area (Å²) in [7, 11) is 0. The van der Waals surface area contributed by atoms with E-state index < -0.39 is 0 Å². The lowest BCUT2D eigenvalue weighted by Gasteiger charge is -2.20. The molecule has 0 aromatic carbocycles. The predicted octanol–water partition coefficient (Wildman–Crippen LogP) is 2.70. The van der Waals surface area contributed by atoms with E-state index in [4.69, 9.17) is 11.6 Å². The maximum Gasteiger partial charge on any atom is 0.220 e. The van der Waals surface area contributed by atoms with Gasteiger partial charge in [-0.05, 0) is 25.2 Å². The van der Waals surface area contributed by atoms with Crippen LogP contribution in [0.5, 0.6) is 0 Å². The van der Waals surface area contributed by atoms with Gasteiger partial charge in [-0.25, -0.2) is 0 Å². The van der Waals surface area contributed by atoms with E-state index in [0.717, 1.165) is 19.4 Å². The Morgan fingerprint density at radius 1 is 1.29 bits per heavy atom. The maximum atomic E-state index is 11.4. The number of rotatable bonds is 5. The molecule has 0 aromatic heterocycles. The monoisotopic (exact) mass is 217 g/mol. The Morgan fingerprint density at radius 2 is 2.00 bits per heavy atom. The highest BCUT2D eigenvalue weighted by Gasteiger charge is 2.16. The van der Waals surface area contributed by atoms with Crippen LogP contribution in [0.3, 0.4) is 0 Å². The molecular weight excluding hydrogens is 198 g/mol. The first-order valence-corrected chi connectivity index (χ1v) is 6.19. The Labute approximate surface area is 91.4 Å². The fraction of sp³-hybridized carbons (Fsp3) is 0.909. The van der Waals surface area contributed by atoms with Crippen molar-refractivity contribution in [2.24, 2.45) is 5.92 Å². The van der Waals surface area contributed by atoms with Gasteiger partial charge in [0.05, 0.1) is 0 Å². The first-order chi connectivity index (χ1) is 6.83. The Morgan fingerprint density at radius 3 is 2.64 bits per heavy atom. The number of carbonyl (C=O) groups excluding carboxylic acids is 1. The molecule has 1 aliphatic rings. The van der Waals surface area contributed by atoms with Crippen LogP contribution in [-0.2, 0) is 4.79 Å². The van der Waals surface area contributed by atoms with Crippen LogP contribution in [0.4, 0.5) is 0 Å². The number of amides is 1. The highest BCUT2D eigenvalue weighted by atomic mass is 35.5. The van der Waals surface area contributed by atoms with Crippen molar-refractivity contribution in [1.29, 1.82) is 0 Å². The van der Waals surface area contributed by atoms with Crippen LogP contribution in [-0.4, -0.2) is 18.3 Å². The van der Waals surface area contributed by atoms with E-state index in [0.29, 0.717) is 11.8 Å². The number of carbonyl (C=O) groups is 1. The second-order valence-corrected chi connectivity index (χ2v) is 4.48. The zero-order valence-corrected chi connectivity index (χ0v) is 9.48. The smallest absolute Gasteiger partial charge is 0.220 e. The Kier molecular flexibility index (Phi) is 6.00. The van der Waals surface area contributed by atoms with Gasteiger partial charge in [-0.2, -0.15) is 0 Å². The molecular formula is C11H20ClNO. The lowest BCUT2D eigenvalue weighted by Crippen LogP contribution is -2.27. The molecule has 1 aliphatic carbocycles. The molecule has 0 bridgehead atoms. The van der Waals surface area contributed by atoms with Gasteiger partial charge in [-0.1, -0.05) is 19.3 Å². The quantitative estimate of drug-likeness (QED) is 0.557. The minimum Gasteiger partial charge on any atom is -0.356 e. The minimum absolute atomic E-state index is 0.210. The molecule has 2 nitrogen and oxygen atoms in total. The number of hydrogen-bond donors (Lipinski definition) is 1. The molecule has 0 spiro atoms. The lowest BCUT2D eigenvalue weighted by atomic mass is 9.87. The molecule has 0 atom stereocenters. The van der Waals surface area contributed by atoms with Crippen LogP contribution >= 0.6 is 11.6 Å². The number of hydrogen-bond acceptors (Lipinski definition) is 1. The Hall–Kier alpha value is -0.240. The fourth-order valence-electron chi connectivity index (χ4n) is 2.02. The molecule has 0 aromatic rings. The molecule has 3 heteroatoms. The predicted molar refractivity (Wildman–Crippen MR) is 59.5 cm³/mol. The van der Waals surface area contributed by atoms with Crippen molar-refractivity contribution < 1.29 is 4.79 Å². The van der Waals surface area contributed by atoms with E-state index in [1.165, 1.54) is 32.1 Å². The number of nitrogens with one attached hydrogen (secondary N) is 1. The van der Waals surface area contributed by atoms with Gasteiger partial charge in [0, 0.05) is 18.8 Å². The van der Waals surface area contributed by atoms with Crippen molar-refractivity contribution in [3.8, 4) is 0 Å². The molecule has 82 valence electrons. The summed E-state index contributed by atoms with van der Waals surface area (Å²) < 4.78 is 0. The molecule has 0 heterocycles. The van der Waals surface area contributed by atoms with E-state index in [-0.39, 0.29) is 5.91 Å². The van der Waals surface area contributed by atoms with Crippen molar-refractivity contribution in [3.05, 3.63) is 0 Å². The van der Waals surface area contributed by atoms with Gasteiger partial charge in [0.25, 0.3) is 0 Å². The lowest BCUT2D eigenvalue weighted by molar-refractivity contribution is -0.122. The third-order valence-corrected chi connectivity index (χ3v) is 3.10. The van der Waals surface area contributed by atoms with Crippen molar-refractivity contribution in [3.63, 3.8) is 0 Å². The molecule has 0 unspecified atom stereocenters. The van der Waals surface area contributed by atoms with Crippen molar-refractivity contribution in [1.82, 2.24) is 5.32 Å². The molecule has 0 saturated heterocycles. The molecule has 1 rings (SSSR count). The third kappa shape index (κ3) is 4.85. The minimum atomic E-state index is 0.210. The number of halogens is 1. The van der Waals surface area contributed by atoms with Crippen molar-refractivity contribution in [2.75, 3.05) is 12.4 Å². The van der Waals surface area contributed by atoms with Gasteiger partial charge in [0.15, 0.2) is 0 Å². The Bertz CT molecular complexity index is 167. The van der Waals surface area contributed by atoms with E-state index in [2.05, 4.69) is 5.32 Å². The summed E-state index contributed by atoms with van der Waals surface area (Å²) in [6, 6.07) is 0. The van der Waals surface area contributed by atoms with Crippen LogP contribution in [0.1, 0.15) is 44.9 Å². The molecule has 1 fully saturated rings. The molecule has 1 amide bonds. The van der Waals surface area contributed by atoms with Crippen LogP contribution in [0, 0.1) is 5.92 Å². The van der Waals surface area contributed by atoms with Gasteiger partial charge in [-0.3, -0.25) is 4.79 Å². The first kappa shape index (κ1) is 11.8. The van der Waals surface area contributed by atoms with Gasteiger partial charge in [0.2, 0.25) is 5.91 Å². The van der Waals surface area contributed by atoms with Crippen LogP contribution in [0.25, 0.3) is 0 Å². The molecule has 0 aliphatic heterocycles. The first-order valence-electron chi connectivity index (χ1n) is 5.65. The second kappa shape index (κ2) is 7.10. The SMILES string of the molecule is O=C(CC1CCCCC1)NCCCCl. The maximum absolute atomic E-state index is 11.4. The summed E-state index contributed by atoms with van der Waals surface area (Å²) in [6.07, 6.45) is 8.04. The molecule has 1 N–H and O–H groups in total. The summed E-state index contributed by atoms with van der Waals surface area (Å²) in [6.45, 7) is 0.731. The molecule has 0 radical (unpaired) electrons. The van der Waals surface area contributed by atoms with Gasteiger partial charge < -0.3 is 5.32 Å². The average molecular weight is 218 g/mol. The zero-order valence-electron chi connectivity index (χ0n) is 8.73. The van der Waals surface area contributed by atoms with Gasteiger partial charge in [-0.15, -0.1) is 11.6 Å². The zero-order chi connectivity index (χ0) is 10.2. The van der Waals surface area contributed by atoms with Crippen molar-refractivity contribution in [2.45, 2.75) is 44.9 Å². The van der Waals surface area contributed by atoms with E-state index >= 15 is 0 Å².